The molecule has 0 aliphatic heterocycles. The van der Waals surface area contributed by atoms with E-state index in [1.54, 1.807) is 0 Å². The van der Waals surface area contributed by atoms with Crippen LogP contribution in [0.25, 0.3) is 0 Å². The molecule has 76 valence electrons. The average Bonchev–Trinajstić information content (AvgIpc) is 2.26. The molecule has 1 aromatic rings. The van der Waals surface area contributed by atoms with E-state index in [4.69, 9.17) is 0 Å². The molecule has 1 rings (SSSR count). The maximum Gasteiger partial charge on any atom is 0.329 e. The predicted octanol–water partition coefficient (Wildman–Crippen LogP) is 2.81. The Morgan fingerprint density at radius 2 is 2.14 bits per heavy atom. The Morgan fingerprint density at radius 3 is 2.71 bits per heavy atom. The summed E-state index contributed by atoms with van der Waals surface area (Å²) in [6, 6.07) is 10.0. The summed E-state index contributed by atoms with van der Waals surface area (Å²) in [5.41, 5.74) is 1.20. The van der Waals surface area contributed by atoms with Crippen LogP contribution in [-0.2, 0) is 15.3 Å². The zero-order chi connectivity index (χ0) is 10.4. The normalized spacial score (nSPS) is 12.1. The van der Waals surface area contributed by atoms with Crippen LogP contribution in [-0.4, -0.2) is 17.2 Å². The molecule has 0 bridgehead atoms. The Bertz CT molecular complexity index is 289. The van der Waals surface area contributed by atoms with Crippen LogP contribution in [0.5, 0.6) is 0 Å². The monoisotopic (exact) mass is 274 g/mol. The number of hydrogen-bond donors (Lipinski definition) is 0. The molecule has 14 heavy (non-hydrogen) atoms. The van der Waals surface area contributed by atoms with Crippen LogP contribution in [0.2, 0.25) is 0 Å². The van der Waals surface area contributed by atoms with Gasteiger partial charge in [0.1, 0.15) is 0 Å². The predicted molar refractivity (Wildman–Crippen MR) is 62.5 cm³/mol. The van der Waals surface area contributed by atoms with Crippen LogP contribution in [0.4, 0.5) is 0 Å². The molecule has 0 spiro atoms. The fourth-order valence-corrected chi connectivity index (χ4v) is 2.25. The van der Waals surface area contributed by atoms with Crippen molar-refractivity contribution in [2.75, 3.05) is 7.11 Å². The van der Waals surface area contributed by atoms with Crippen LogP contribution >= 0.6 is 27.7 Å². The number of carbonyl (C=O) groups is 1. The number of thioether (sulfide) groups is 1. The van der Waals surface area contributed by atoms with Gasteiger partial charge >= 0.3 is 5.97 Å². The van der Waals surface area contributed by atoms with Gasteiger partial charge in [-0.2, -0.15) is 0 Å². The average molecular weight is 275 g/mol. The summed E-state index contributed by atoms with van der Waals surface area (Å²) in [4.78, 5) is 11.0. The van der Waals surface area contributed by atoms with E-state index in [1.165, 1.54) is 24.4 Å². The first kappa shape index (κ1) is 11.6. The second-order valence-electron chi connectivity index (χ2n) is 2.64. The van der Waals surface area contributed by atoms with Gasteiger partial charge in [0.05, 0.1) is 7.11 Å². The SMILES string of the molecule is COC(=O)C(Br)SCc1ccccc1. The molecule has 0 amide bonds. The first-order chi connectivity index (χ1) is 6.74. The Kier molecular flexibility index (Phi) is 5.04. The van der Waals surface area contributed by atoms with Gasteiger partial charge in [-0.1, -0.05) is 46.3 Å². The van der Waals surface area contributed by atoms with Crippen molar-refractivity contribution < 1.29 is 9.53 Å². The standard InChI is InChI=1S/C10H11BrO2S/c1-13-10(12)9(11)14-7-8-5-3-2-4-6-8/h2-6,9H,7H2,1H3. The molecule has 0 saturated heterocycles. The zero-order valence-electron chi connectivity index (χ0n) is 7.77. The molecule has 0 radical (unpaired) electrons. The molecule has 0 fully saturated rings. The lowest BCUT2D eigenvalue weighted by molar-refractivity contribution is -0.138. The third-order valence-electron chi connectivity index (χ3n) is 1.63. The van der Waals surface area contributed by atoms with Crippen molar-refractivity contribution in [3.8, 4) is 0 Å². The van der Waals surface area contributed by atoms with E-state index in [1.807, 2.05) is 30.3 Å². The van der Waals surface area contributed by atoms with Crippen molar-refractivity contribution in [3.05, 3.63) is 35.9 Å². The first-order valence-electron chi connectivity index (χ1n) is 4.11. The quantitative estimate of drug-likeness (QED) is 0.624. The maximum atomic E-state index is 11.0. The maximum absolute atomic E-state index is 11.0. The molecule has 0 heterocycles. The van der Waals surface area contributed by atoms with Crippen molar-refractivity contribution in [3.63, 3.8) is 0 Å². The summed E-state index contributed by atoms with van der Waals surface area (Å²) < 4.78 is 4.31. The number of methoxy groups -OCH3 is 1. The number of hydrogen-bond acceptors (Lipinski definition) is 3. The molecule has 0 aliphatic carbocycles. The minimum absolute atomic E-state index is 0.245. The summed E-state index contributed by atoms with van der Waals surface area (Å²) in [5, 5.41) is 0. The summed E-state index contributed by atoms with van der Waals surface area (Å²) in [5.74, 6) is 0.553. The fraction of sp³-hybridized carbons (Fsp3) is 0.300. The molecule has 0 aliphatic rings. The van der Waals surface area contributed by atoms with E-state index in [-0.39, 0.29) is 10.1 Å². The largest absolute Gasteiger partial charge is 0.468 e. The van der Waals surface area contributed by atoms with E-state index < -0.39 is 0 Å². The Labute approximate surface area is 96.2 Å². The van der Waals surface area contributed by atoms with Gasteiger partial charge in [-0.05, 0) is 5.56 Å². The Hall–Kier alpha value is -0.480. The summed E-state index contributed by atoms with van der Waals surface area (Å²) in [7, 11) is 1.39. The number of benzene rings is 1. The molecule has 2 nitrogen and oxygen atoms in total. The molecule has 4 heteroatoms. The van der Waals surface area contributed by atoms with Gasteiger partial charge in [0.2, 0.25) is 0 Å². The fourth-order valence-electron chi connectivity index (χ4n) is 0.904. The van der Waals surface area contributed by atoms with Crippen molar-refractivity contribution >= 4 is 33.7 Å². The van der Waals surface area contributed by atoms with E-state index in [0.29, 0.717) is 0 Å². The van der Waals surface area contributed by atoms with Gasteiger partial charge in [-0.15, -0.1) is 11.8 Å². The molecule has 1 atom stereocenters. The van der Waals surface area contributed by atoms with E-state index in [0.717, 1.165) is 5.75 Å². The van der Waals surface area contributed by atoms with Gasteiger partial charge in [0.15, 0.2) is 4.16 Å². The Balaban J connectivity index is 2.38. The number of carbonyl (C=O) groups excluding carboxylic acids is 1. The number of alkyl halides is 1. The second-order valence-corrected chi connectivity index (χ2v) is 5.25. The van der Waals surface area contributed by atoms with E-state index >= 15 is 0 Å². The highest BCUT2D eigenvalue weighted by atomic mass is 79.9. The minimum Gasteiger partial charge on any atom is -0.468 e. The van der Waals surface area contributed by atoms with Crippen LogP contribution in [0.1, 0.15) is 5.56 Å². The lowest BCUT2D eigenvalue weighted by Crippen LogP contribution is -2.11. The lowest BCUT2D eigenvalue weighted by Gasteiger charge is -2.06. The van der Waals surface area contributed by atoms with Gasteiger partial charge in [0, 0.05) is 5.75 Å². The number of rotatable bonds is 4. The number of ether oxygens (including phenoxy) is 1. The van der Waals surface area contributed by atoms with Crippen molar-refractivity contribution in [1.29, 1.82) is 0 Å². The third kappa shape index (κ3) is 3.72. The van der Waals surface area contributed by atoms with E-state index in [2.05, 4.69) is 20.7 Å². The molecular weight excluding hydrogens is 264 g/mol. The zero-order valence-corrected chi connectivity index (χ0v) is 10.2. The summed E-state index contributed by atoms with van der Waals surface area (Å²) in [6.45, 7) is 0. The van der Waals surface area contributed by atoms with Gasteiger partial charge < -0.3 is 4.74 Å². The number of halogens is 1. The van der Waals surface area contributed by atoms with Crippen LogP contribution in [0.3, 0.4) is 0 Å². The Morgan fingerprint density at radius 1 is 1.50 bits per heavy atom. The highest BCUT2D eigenvalue weighted by Gasteiger charge is 2.14. The van der Waals surface area contributed by atoms with Crippen LogP contribution in [0, 0.1) is 0 Å². The van der Waals surface area contributed by atoms with E-state index in [9.17, 15) is 4.79 Å². The number of esters is 1. The van der Waals surface area contributed by atoms with Crippen LogP contribution < -0.4 is 0 Å². The third-order valence-corrected chi connectivity index (χ3v) is 3.78. The highest BCUT2D eigenvalue weighted by molar-refractivity contribution is 9.11. The van der Waals surface area contributed by atoms with Crippen molar-refractivity contribution in [1.82, 2.24) is 0 Å². The second kappa shape index (κ2) is 6.09. The molecule has 0 aromatic heterocycles. The van der Waals surface area contributed by atoms with Gasteiger partial charge in [-0.25, -0.2) is 4.79 Å². The lowest BCUT2D eigenvalue weighted by atomic mass is 10.2. The molecule has 1 aromatic carbocycles. The van der Waals surface area contributed by atoms with Crippen LogP contribution in [0.15, 0.2) is 30.3 Å². The molecule has 0 N–H and O–H groups in total. The van der Waals surface area contributed by atoms with Crippen molar-refractivity contribution in [2.24, 2.45) is 0 Å². The topological polar surface area (TPSA) is 26.3 Å². The van der Waals surface area contributed by atoms with Crippen molar-refractivity contribution in [2.45, 2.75) is 9.91 Å². The smallest absolute Gasteiger partial charge is 0.329 e. The summed E-state index contributed by atoms with van der Waals surface area (Å²) >= 11 is 4.75. The molecule has 0 saturated carbocycles. The minimum atomic E-state index is -0.285. The highest BCUT2D eigenvalue weighted by Crippen LogP contribution is 2.23. The summed E-state index contributed by atoms with van der Waals surface area (Å²) in [6.07, 6.45) is 0. The molecular formula is C10H11BrO2S. The molecule has 1 unspecified atom stereocenters. The first-order valence-corrected chi connectivity index (χ1v) is 6.08. The van der Waals surface area contributed by atoms with Gasteiger partial charge in [-0.3, -0.25) is 0 Å². The van der Waals surface area contributed by atoms with Gasteiger partial charge in [0.25, 0.3) is 0 Å².